The molecule has 1 aromatic carbocycles. The third-order valence-electron chi connectivity index (χ3n) is 3.78. The molecule has 0 aliphatic carbocycles. The molecule has 0 bridgehead atoms. The van der Waals surface area contributed by atoms with Crippen LogP contribution in [0, 0.1) is 6.92 Å². The summed E-state index contributed by atoms with van der Waals surface area (Å²) in [6.45, 7) is 2.15. The van der Waals surface area contributed by atoms with E-state index in [-0.39, 0.29) is 31.6 Å². The molecule has 7 heteroatoms. The number of rotatable bonds is 6. The highest BCUT2D eigenvalue weighted by Crippen LogP contribution is 2.30. The van der Waals surface area contributed by atoms with E-state index in [1.165, 1.54) is 0 Å². The highest BCUT2D eigenvalue weighted by molar-refractivity contribution is 5.81. The van der Waals surface area contributed by atoms with Crippen molar-refractivity contribution in [3.05, 3.63) is 53.9 Å². The van der Waals surface area contributed by atoms with Crippen LogP contribution in [0.4, 0.5) is 0 Å². The molecule has 136 valence electrons. The van der Waals surface area contributed by atoms with Crippen LogP contribution in [-0.2, 0) is 20.7 Å². The summed E-state index contributed by atoms with van der Waals surface area (Å²) < 4.78 is 16.3. The van der Waals surface area contributed by atoms with Gasteiger partial charge in [0, 0.05) is 11.9 Å². The van der Waals surface area contributed by atoms with E-state index in [4.69, 9.17) is 14.2 Å². The van der Waals surface area contributed by atoms with Crippen LogP contribution >= 0.6 is 0 Å². The standard InChI is InChI=1S/C19H20N2O5/c1-13-6-7-14(9-20-13)8-19(23)25-12-18(22)21-10-15-11-24-16-4-2-3-5-17(16)26-15/h2-7,9,15H,8,10-12H2,1H3,(H,21,22). The number of nitrogens with zero attached hydrogens (tertiary/aromatic N) is 1. The normalized spacial score (nSPS) is 15.2. The van der Waals surface area contributed by atoms with Gasteiger partial charge in [0.05, 0.1) is 13.0 Å². The second kappa shape index (κ2) is 8.33. The van der Waals surface area contributed by atoms with Crippen LogP contribution in [0.3, 0.4) is 0 Å². The van der Waals surface area contributed by atoms with Crippen molar-refractivity contribution in [2.24, 2.45) is 0 Å². The molecule has 0 fully saturated rings. The molecule has 1 atom stereocenters. The highest BCUT2D eigenvalue weighted by Gasteiger charge is 2.21. The lowest BCUT2D eigenvalue weighted by molar-refractivity contribution is -0.148. The lowest BCUT2D eigenvalue weighted by Crippen LogP contribution is -2.42. The zero-order valence-electron chi connectivity index (χ0n) is 14.4. The number of amides is 1. The van der Waals surface area contributed by atoms with E-state index < -0.39 is 5.97 Å². The first kappa shape index (κ1) is 17.7. The van der Waals surface area contributed by atoms with Gasteiger partial charge in [-0.05, 0) is 30.7 Å². The minimum absolute atomic E-state index is 0.0803. The number of benzene rings is 1. The first-order valence-corrected chi connectivity index (χ1v) is 8.32. The van der Waals surface area contributed by atoms with E-state index in [0.29, 0.717) is 18.1 Å². The van der Waals surface area contributed by atoms with Gasteiger partial charge in [-0.15, -0.1) is 0 Å². The van der Waals surface area contributed by atoms with E-state index in [1.807, 2.05) is 43.3 Å². The number of hydrogen-bond donors (Lipinski definition) is 1. The number of fused-ring (bicyclic) bond motifs is 1. The van der Waals surface area contributed by atoms with E-state index in [0.717, 1.165) is 11.3 Å². The Balaban J connectivity index is 1.37. The van der Waals surface area contributed by atoms with Crippen LogP contribution in [-0.4, -0.2) is 42.7 Å². The summed E-state index contributed by atoms with van der Waals surface area (Å²) in [6.07, 6.45) is 1.41. The number of hydrogen-bond acceptors (Lipinski definition) is 6. The highest BCUT2D eigenvalue weighted by atomic mass is 16.6. The second-order valence-electron chi connectivity index (χ2n) is 5.95. The summed E-state index contributed by atoms with van der Waals surface area (Å²) in [7, 11) is 0. The SMILES string of the molecule is Cc1ccc(CC(=O)OCC(=O)NCC2COc3ccccc3O2)cn1. The number of ether oxygens (including phenoxy) is 3. The first-order valence-electron chi connectivity index (χ1n) is 8.32. The van der Waals surface area contributed by atoms with Gasteiger partial charge in [0.2, 0.25) is 0 Å². The van der Waals surface area contributed by atoms with E-state index in [1.54, 1.807) is 6.20 Å². The van der Waals surface area contributed by atoms with Crippen LogP contribution < -0.4 is 14.8 Å². The predicted octanol–water partition coefficient (Wildman–Crippen LogP) is 1.43. The Hall–Kier alpha value is -3.09. The zero-order chi connectivity index (χ0) is 18.4. The fourth-order valence-corrected chi connectivity index (χ4v) is 2.41. The molecule has 2 heterocycles. The molecule has 1 aliphatic heterocycles. The number of aromatic nitrogens is 1. The second-order valence-corrected chi connectivity index (χ2v) is 5.95. The molecule has 0 saturated carbocycles. The summed E-state index contributed by atoms with van der Waals surface area (Å²) in [6, 6.07) is 11.0. The minimum atomic E-state index is -0.475. The molecule has 1 N–H and O–H groups in total. The van der Waals surface area contributed by atoms with Crippen molar-refractivity contribution >= 4 is 11.9 Å². The van der Waals surface area contributed by atoms with Gasteiger partial charge < -0.3 is 19.5 Å². The Morgan fingerprint density at radius 3 is 2.81 bits per heavy atom. The van der Waals surface area contributed by atoms with Gasteiger partial charge in [0.25, 0.3) is 5.91 Å². The molecule has 1 amide bonds. The summed E-state index contributed by atoms with van der Waals surface area (Å²) in [4.78, 5) is 27.7. The van der Waals surface area contributed by atoms with Gasteiger partial charge in [-0.2, -0.15) is 0 Å². The third-order valence-corrected chi connectivity index (χ3v) is 3.78. The number of aryl methyl sites for hydroxylation is 1. The topological polar surface area (TPSA) is 86.8 Å². The average molecular weight is 356 g/mol. The summed E-state index contributed by atoms with van der Waals surface area (Å²) in [5.41, 5.74) is 1.62. The quantitative estimate of drug-likeness (QED) is 0.788. The predicted molar refractivity (Wildman–Crippen MR) is 93.0 cm³/mol. The molecule has 2 aromatic rings. The number of pyridine rings is 1. The molecule has 0 spiro atoms. The van der Waals surface area contributed by atoms with Crippen LogP contribution in [0.2, 0.25) is 0 Å². The smallest absolute Gasteiger partial charge is 0.310 e. The Morgan fingerprint density at radius 2 is 2.04 bits per heavy atom. The van der Waals surface area contributed by atoms with Gasteiger partial charge in [-0.25, -0.2) is 0 Å². The van der Waals surface area contributed by atoms with Crippen molar-refractivity contribution in [1.82, 2.24) is 10.3 Å². The van der Waals surface area contributed by atoms with Crippen molar-refractivity contribution in [2.75, 3.05) is 19.8 Å². The Bertz CT molecular complexity index is 776. The molecule has 26 heavy (non-hydrogen) atoms. The molecular formula is C19H20N2O5. The number of esters is 1. The van der Waals surface area contributed by atoms with Gasteiger partial charge in [0.15, 0.2) is 18.1 Å². The summed E-state index contributed by atoms with van der Waals surface area (Å²) in [5.74, 6) is 0.477. The Labute approximate surface area is 151 Å². The van der Waals surface area contributed by atoms with Crippen molar-refractivity contribution in [1.29, 1.82) is 0 Å². The molecule has 3 rings (SSSR count). The van der Waals surface area contributed by atoms with Gasteiger partial charge in [0.1, 0.15) is 12.7 Å². The lowest BCUT2D eigenvalue weighted by atomic mass is 10.2. The number of carbonyl (C=O) groups excluding carboxylic acids is 2. The largest absolute Gasteiger partial charge is 0.486 e. The summed E-state index contributed by atoms with van der Waals surface area (Å²) in [5, 5.41) is 2.68. The fourth-order valence-electron chi connectivity index (χ4n) is 2.41. The molecule has 0 saturated heterocycles. The van der Waals surface area contributed by atoms with E-state index >= 15 is 0 Å². The Morgan fingerprint density at radius 1 is 1.23 bits per heavy atom. The van der Waals surface area contributed by atoms with Crippen LogP contribution in [0.15, 0.2) is 42.6 Å². The van der Waals surface area contributed by atoms with Crippen LogP contribution in [0.1, 0.15) is 11.3 Å². The molecule has 1 aliphatic rings. The lowest BCUT2D eigenvalue weighted by Gasteiger charge is -2.26. The van der Waals surface area contributed by atoms with Gasteiger partial charge in [-0.3, -0.25) is 14.6 Å². The molecule has 1 aromatic heterocycles. The average Bonchev–Trinajstić information content (AvgIpc) is 2.66. The monoisotopic (exact) mass is 356 g/mol. The minimum Gasteiger partial charge on any atom is -0.486 e. The Kier molecular flexibility index (Phi) is 5.68. The van der Waals surface area contributed by atoms with Crippen molar-refractivity contribution < 1.29 is 23.8 Å². The van der Waals surface area contributed by atoms with Crippen LogP contribution in [0.5, 0.6) is 11.5 Å². The summed E-state index contributed by atoms with van der Waals surface area (Å²) >= 11 is 0. The fraction of sp³-hybridized carbons (Fsp3) is 0.316. The number of carbonyl (C=O) groups is 2. The van der Waals surface area contributed by atoms with E-state index in [9.17, 15) is 9.59 Å². The number of para-hydroxylation sites is 2. The molecule has 7 nitrogen and oxygen atoms in total. The van der Waals surface area contributed by atoms with E-state index in [2.05, 4.69) is 10.3 Å². The van der Waals surface area contributed by atoms with Crippen molar-refractivity contribution in [3.63, 3.8) is 0 Å². The molecule has 1 unspecified atom stereocenters. The van der Waals surface area contributed by atoms with Crippen molar-refractivity contribution in [3.8, 4) is 11.5 Å². The molecule has 0 radical (unpaired) electrons. The van der Waals surface area contributed by atoms with Gasteiger partial charge >= 0.3 is 5.97 Å². The maximum Gasteiger partial charge on any atom is 0.310 e. The molecular weight excluding hydrogens is 336 g/mol. The first-order chi connectivity index (χ1) is 12.6. The third kappa shape index (κ3) is 4.95. The van der Waals surface area contributed by atoms with Crippen molar-refractivity contribution in [2.45, 2.75) is 19.4 Å². The number of nitrogens with one attached hydrogen (secondary N) is 1. The maximum absolute atomic E-state index is 11.8. The zero-order valence-corrected chi connectivity index (χ0v) is 14.4. The van der Waals surface area contributed by atoms with Crippen LogP contribution in [0.25, 0.3) is 0 Å². The van der Waals surface area contributed by atoms with Gasteiger partial charge in [-0.1, -0.05) is 18.2 Å². The maximum atomic E-state index is 11.8.